The van der Waals surface area contributed by atoms with E-state index in [-0.39, 0.29) is 11.3 Å². The number of fused-ring (bicyclic) bond motifs is 1. The second kappa shape index (κ2) is 3.02. The third kappa shape index (κ3) is 1.41. The Kier molecular flexibility index (Phi) is 1.99. The van der Waals surface area contributed by atoms with Gasteiger partial charge in [-0.15, -0.1) is 0 Å². The number of benzene rings is 1. The zero-order valence-corrected chi connectivity index (χ0v) is 8.61. The number of phenols is 1. The standard InChI is InChI=1S/C9H5IO3/c10-6-2-3-7(11)9-5(6)1-4-8(12)13-9/h1-4,11H. The van der Waals surface area contributed by atoms with Crippen molar-refractivity contribution < 1.29 is 9.52 Å². The van der Waals surface area contributed by atoms with Gasteiger partial charge in [0.1, 0.15) is 0 Å². The molecular formula is C9H5IO3. The fraction of sp³-hybridized carbons (Fsp3) is 0. The van der Waals surface area contributed by atoms with Crippen molar-refractivity contribution in [2.75, 3.05) is 0 Å². The van der Waals surface area contributed by atoms with Gasteiger partial charge in [0, 0.05) is 15.0 Å². The Labute approximate surface area is 87.1 Å². The van der Waals surface area contributed by atoms with Crippen LogP contribution < -0.4 is 5.63 Å². The van der Waals surface area contributed by atoms with Crippen LogP contribution in [0.4, 0.5) is 0 Å². The maximum absolute atomic E-state index is 10.9. The minimum atomic E-state index is -0.454. The quantitative estimate of drug-likeness (QED) is 0.596. The molecule has 0 aliphatic rings. The molecule has 1 N–H and O–H groups in total. The molecule has 66 valence electrons. The fourth-order valence-corrected chi connectivity index (χ4v) is 1.72. The summed E-state index contributed by atoms with van der Waals surface area (Å²) in [4.78, 5) is 10.9. The Morgan fingerprint density at radius 2 is 2.00 bits per heavy atom. The lowest BCUT2D eigenvalue weighted by atomic mass is 10.2. The highest BCUT2D eigenvalue weighted by molar-refractivity contribution is 14.1. The Hall–Kier alpha value is -1.04. The summed E-state index contributed by atoms with van der Waals surface area (Å²) in [6.07, 6.45) is 0. The molecule has 0 unspecified atom stereocenters. The largest absolute Gasteiger partial charge is 0.504 e. The number of rotatable bonds is 0. The van der Waals surface area contributed by atoms with E-state index in [4.69, 9.17) is 4.42 Å². The molecule has 4 heteroatoms. The molecule has 13 heavy (non-hydrogen) atoms. The van der Waals surface area contributed by atoms with Gasteiger partial charge in [0.15, 0.2) is 11.3 Å². The van der Waals surface area contributed by atoms with Gasteiger partial charge in [-0.1, -0.05) is 0 Å². The predicted octanol–water partition coefficient (Wildman–Crippen LogP) is 2.10. The maximum atomic E-state index is 10.9. The van der Waals surface area contributed by atoms with Gasteiger partial charge >= 0.3 is 5.63 Å². The van der Waals surface area contributed by atoms with E-state index < -0.39 is 5.63 Å². The zero-order valence-electron chi connectivity index (χ0n) is 6.45. The van der Waals surface area contributed by atoms with Gasteiger partial charge in [-0.2, -0.15) is 0 Å². The molecule has 0 fully saturated rings. The average molecular weight is 288 g/mol. The van der Waals surface area contributed by atoms with Crippen molar-refractivity contribution in [2.45, 2.75) is 0 Å². The van der Waals surface area contributed by atoms with Gasteiger partial charge in [0.05, 0.1) is 0 Å². The van der Waals surface area contributed by atoms with Crippen molar-refractivity contribution in [3.63, 3.8) is 0 Å². The van der Waals surface area contributed by atoms with Crippen LogP contribution in [0.5, 0.6) is 5.75 Å². The minimum Gasteiger partial charge on any atom is -0.504 e. The molecule has 0 saturated carbocycles. The molecular weight excluding hydrogens is 283 g/mol. The summed E-state index contributed by atoms with van der Waals surface area (Å²) < 4.78 is 5.80. The highest BCUT2D eigenvalue weighted by Crippen LogP contribution is 2.26. The SMILES string of the molecule is O=c1ccc2c(I)ccc(O)c2o1. The highest BCUT2D eigenvalue weighted by atomic mass is 127. The van der Waals surface area contributed by atoms with E-state index in [1.54, 1.807) is 12.1 Å². The molecule has 0 atom stereocenters. The van der Waals surface area contributed by atoms with E-state index in [1.807, 2.05) is 0 Å². The van der Waals surface area contributed by atoms with Crippen LogP contribution in [0.2, 0.25) is 0 Å². The summed E-state index contributed by atoms with van der Waals surface area (Å²) >= 11 is 2.11. The molecule has 3 nitrogen and oxygen atoms in total. The first-order chi connectivity index (χ1) is 6.18. The van der Waals surface area contributed by atoms with Crippen LogP contribution in [-0.2, 0) is 0 Å². The van der Waals surface area contributed by atoms with Crippen LogP contribution in [-0.4, -0.2) is 5.11 Å². The Morgan fingerprint density at radius 3 is 2.77 bits per heavy atom. The lowest BCUT2D eigenvalue weighted by Gasteiger charge is -1.99. The normalized spacial score (nSPS) is 10.5. The van der Waals surface area contributed by atoms with Crippen molar-refractivity contribution in [3.05, 3.63) is 38.3 Å². The third-order valence-corrected chi connectivity index (χ3v) is 2.65. The lowest BCUT2D eigenvalue weighted by Crippen LogP contribution is -1.95. The molecule has 1 heterocycles. The topological polar surface area (TPSA) is 50.4 Å². The van der Waals surface area contributed by atoms with Crippen LogP contribution in [0, 0.1) is 3.57 Å². The van der Waals surface area contributed by atoms with E-state index in [9.17, 15) is 9.90 Å². The van der Waals surface area contributed by atoms with Gasteiger partial charge in [0.25, 0.3) is 0 Å². The highest BCUT2D eigenvalue weighted by Gasteiger charge is 2.05. The summed E-state index contributed by atoms with van der Waals surface area (Å²) in [5, 5.41) is 10.1. The van der Waals surface area contributed by atoms with Gasteiger partial charge < -0.3 is 9.52 Å². The monoisotopic (exact) mass is 288 g/mol. The summed E-state index contributed by atoms with van der Waals surface area (Å²) in [7, 11) is 0. The molecule has 2 rings (SSSR count). The summed E-state index contributed by atoms with van der Waals surface area (Å²) in [5.41, 5.74) is -0.204. The van der Waals surface area contributed by atoms with Crippen LogP contribution in [0.15, 0.2) is 33.5 Å². The average Bonchev–Trinajstić information content (AvgIpc) is 2.12. The molecule has 0 amide bonds. The van der Waals surface area contributed by atoms with Crippen LogP contribution in [0.1, 0.15) is 0 Å². The maximum Gasteiger partial charge on any atom is 0.336 e. The number of phenolic OH excluding ortho intramolecular Hbond substituents is 1. The van der Waals surface area contributed by atoms with Gasteiger partial charge in [-0.05, 0) is 40.8 Å². The van der Waals surface area contributed by atoms with Gasteiger partial charge in [-0.3, -0.25) is 0 Å². The Bertz CT molecular complexity index is 516. The first kappa shape index (κ1) is 8.55. The molecule has 0 aliphatic heterocycles. The summed E-state index contributed by atoms with van der Waals surface area (Å²) in [5.74, 6) is -0.00637. The predicted molar refractivity (Wildman–Crippen MR) is 56.9 cm³/mol. The van der Waals surface area contributed by atoms with Crippen molar-refractivity contribution in [3.8, 4) is 5.75 Å². The third-order valence-electron chi connectivity index (χ3n) is 1.71. The van der Waals surface area contributed by atoms with Crippen molar-refractivity contribution >= 4 is 33.6 Å². The van der Waals surface area contributed by atoms with Gasteiger partial charge in [-0.25, -0.2) is 4.79 Å². The van der Waals surface area contributed by atoms with E-state index in [0.717, 1.165) is 8.96 Å². The van der Waals surface area contributed by atoms with E-state index in [1.165, 1.54) is 12.1 Å². The van der Waals surface area contributed by atoms with Crippen molar-refractivity contribution in [1.82, 2.24) is 0 Å². The number of hydrogen-bond donors (Lipinski definition) is 1. The molecule has 1 aromatic heterocycles. The van der Waals surface area contributed by atoms with Crippen LogP contribution in [0.25, 0.3) is 11.0 Å². The van der Waals surface area contributed by atoms with Crippen LogP contribution >= 0.6 is 22.6 Å². The number of aromatic hydroxyl groups is 1. The smallest absolute Gasteiger partial charge is 0.336 e. The molecule has 2 aromatic rings. The number of hydrogen-bond acceptors (Lipinski definition) is 3. The fourth-order valence-electron chi connectivity index (χ4n) is 1.11. The van der Waals surface area contributed by atoms with E-state index >= 15 is 0 Å². The summed E-state index contributed by atoms with van der Waals surface area (Å²) in [6.45, 7) is 0. The van der Waals surface area contributed by atoms with E-state index in [2.05, 4.69) is 22.6 Å². The first-order valence-electron chi connectivity index (χ1n) is 3.60. The Morgan fingerprint density at radius 1 is 1.23 bits per heavy atom. The lowest BCUT2D eigenvalue weighted by molar-refractivity contribution is 0.457. The Balaban J connectivity index is 3.00. The molecule has 1 aromatic carbocycles. The first-order valence-corrected chi connectivity index (χ1v) is 4.68. The van der Waals surface area contributed by atoms with Crippen LogP contribution in [0.3, 0.4) is 0 Å². The van der Waals surface area contributed by atoms with Crippen molar-refractivity contribution in [2.24, 2.45) is 0 Å². The zero-order chi connectivity index (χ0) is 9.42. The van der Waals surface area contributed by atoms with Crippen molar-refractivity contribution in [1.29, 1.82) is 0 Å². The molecule has 0 bridgehead atoms. The molecule has 0 aliphatic carbocycles. The minimum absolute atomic E-state index is 0.00637. The second-order valence-electron chi connectivity index (χ2n) is 2.56. The van der Waals surface area contributed by atoms with E-state index in [0.29, 0.717) is 0 Å². The van der Waals surface area contributed by atoms with Gasteiger partial charge in [0.2, 0.25) is 0 Å². The second-order valence-corrected chi connectivity index (χ2v) is 3.73. The molecule has 0 spiro atoms. The summed E-state index contributed by atoms with van der Waals surface area (Å²) in [6, 6.07) is 6.25. The number of halogens is 1. The molecule has 0 radical (unpaired) electrons. The molecule has 0 saturated heterocycles.